The first-order chi connectivity index (χ1) is 6.84. The Labute approximate surface area is 87.8 Å². The molecule has 2 aliphatic rings. The lowest BCUT2D eigenvalue weighted by Gasteiger charge is -2.17. The van der Waals surface area contributed by atoms with Gasteiger partial charge in [-0.05, 0) is 45.1 Å². The van der Waals surface area contributed by atoms with Gasteiger partial charge in [-0.3, -0.25) is 0 Å². The predicted molar refractivity (Wildman–Crippen MR) is 60.4 cm³/mol. The van der Waals surface area contributed by atoms with E-state index in [4.69, 9.17) is 0 Å². The quantitative estimate of drug-likeness (QED) is 0.678. The number of rotatable bonds is 6. The van der Waals surface area contributed by atoms with Gasteiger partial charge in [0, 0.05) is 18.6 Å². The summed E-state index contributed by atoms with van der Waals surface area (Å²) in [5, 5.41) is 7.21. The van der Waals surface area contributed by atoms with Crippen LogP contribution in [-0.2, 0) is 0 Å². The molecule has 2 heteroatoms. The lowest BCUT2D eigenvalue weighted by molar-refractivity contribution is 0.429. The van der Waals surface area contributed by atoms with Gasteiger partial charge in [0.25, 0.3) is 0 Å². The van der Waals surface area contributed by atoms with Crippen LogP contribution in [0.3, 0.4) is 0 Å². The Bertz CT molecular complexity index is 160. The van der Waals surface area contributed by atoms with E-state index in [0.717, 1.165) is 18.5 Å². The van der Waals surface area contributed by atoms with E-state index in [9.17, 15) is 0 Å². The molecule has 1 atom stereocenters. The minimum Gasteiger partial charge on any atom is -0.313 e. The summed E-state index contributed by atoms with van der Waals surface area (Å²) in [6, 6.07) is 1.50. The molecule has 0 spiro atoms. The van der Waals surface area contributed by atoms with Crippen LogP contribution in [0.25, 0.3) is 0 Å². The zero-order chi connectivity index (χ0) is 9.80. The summed E-state index contributed by atoms with van der Waals surface area (Å²) >= 11 is 0. The van der Waals surface area contributed by atoms with Crippen LogP contribution in [0.4, 0.5) is 0 Å². The maximum absolute atomic E-state index is 3.65. The van der Waals surface area contributed by atoms with Crippen LogP contribution in [-0.4, -0.2) is 25.2 Å². The fourth-order valence-electron chi connectivity index (χ4n) is 2.29. The lowest BCUT2D eigenvalue weighted by atomic mass is 10.1. The third-order valence-electron chi connectivity index (χ3n) is 3.52. The van der Waals surface area contributed by atoms with Crippen LogP contribution in [0, 0.1) is 5.92 Å². The molecule has 2 aliphatic carbocycles. The SMILES string of the molecule is CC(CNC1CC1)NCC1CCCC1. The highest BCUT2D eigenvalue weighted by Gasteiger charge is 2.21. The zero-order valence-electron chi connectivity index (χ0n) is 9.39. The first-order valence-electron chi connectivity index (χ1n) is 6.31. The molecule has 2 nitrogen and oxygen atoms in total. The second-order valence-electron chi connectivity index (χ2n) is 5.14. The van der Waals surface area contributed by atoms with E-state index in [1.807, 2.05) is 0 Å². The Hall–Kier alpha value is -0.0800. The third kappa shape index (κ3) is 3.58. The summed E-state index contributed by atoms with van der Waals surface area (Å²) in [4.78, 5) is 0. The summed E-state index contributed by atoms with van der Waals surface area (Å²) < 4.78 is 0. The van der Waals surface area contributed by atoms with Crippen molar-refractivity contribution in [3.8, 4) is 0 Å². The van der Waals surface area contributed by atoms with Gasteiger partial charge in [0.15, 0.2) is 0 Å². The summed E-state index contributed by atoms with van der Waals surface area (Å²) in [7, 11) is 0. The van der Waals surface area contributed by atoms with E-state index >= 15 is 0 Å². The minimum atomic E-state index is 0.649. The van der Waals surface area contributed by atoms with Crippen LogP contribution >= 0.6 is 0 Å². The minimum absolute atomic E-state index is 0.649. The van der Waals surface area contributed by atoms with Gasteiger partial charge >= 0.3 is 0 Å². The highest BCUT2D eigenvalue weighted by Crippen LogP contribution is 2.23. The molecule has 2 fully saturated rings. The van der Waals surface area contributed by atoms with Crippen molar-refractivity contribution in [2.24, 2.45) is 5.92 Å². The Balaban J connectivity index is 1.50. The normalized spacial score (nSPS) is 25.5. The fraction of sp³-hybridized carbons (Fsp3) is 1.00. The van der Waals surface area contributed by atoms with E-state index in [2.05, 4.69) is 17.6 Å². The summed E-state index contributed by atoms with van der Waals surface area (Å²) in [5.41, 5.74) is 0. The van der Waals surface area contributed by atoms with Crippen LogP contribution in [0.2, 0.25) is 0 Å². The predicted octanol–water partition coefficient (Wildman–Crippen LogP) is 1.91. The van der Waals surface area contributed by atoms with E-state index in [-0.39, 0.29) is 0 Å². The molecule has 0 bridgehead atoms. The maximum atomic E-state index is 3.65. The van der Waals surface area contributed by atoms with Crippen LogP contribution < -0.4 is 10.6 Å². The second kappa shape index (κ2) is 5.13. The molecule has 0 aromatic heterocycles. The van der Waals surface area contributed by atoms with Crippen molar-refractivity contribution in [3.63, 3.8) is 0 Å². The zero-order valence-corrected chi connectivity index (χ0v) is 9.39. The molecular formula is C12H24N2. The van der Waals surface area contributed by atoms with Gasteiger partial charge in [-0.1, -0.05) is 12.8 Å². The maximum Gasteiger partial charge on any atom is 0.0164 e. The van der Waals surface area contributed by atoms with Gasteiger partial charge < -0.3 is 10.6 Å². The highest BCUT2D eigenvalue weighted by molar-refractivity contribution is 4.82. The average molecular weight is 196 g/mol. The Morgan fingerprint density at radius 2 is 1.86 bits per heavy atom. The summed E-state index contributed by atoms with van der Waals surface area (Å²) in [6.45, 7) is 4.69. The molecule has 1 unspecified atom stereocenters. The topological polar surface area (TPSA) is 24.1 Å². The molecule has 14 heavy (non-hydrogen) atoms. The second-order valence-corrected chi connectivity index (χ2v) is 5.14. The van der Waals surface area contributed by atoms with E-state index < -0.39 is 0 Å². The number of nitrogens with one attached hydrogen (secondary N) is 2. The Kier molecular flexibility index (Phi) is 3.82. The van der Waals surface area contributed by atoms with Gasteiger partial charge in [-0.25, -0.2) is 0 Å². The fourth-order valence-corrected chi connectivity index (χ4v) is 2.29. The number of hydrogen-bond acceptors (Lipinski definition) is 2. The molecular weight excluding hydrogens is 172 g/mol. The van der Waals surface area contributed by atoms with Crippen LogP contribution in [0.1, 0.15) is 45.4 Å². The van der Waals surface area contributed by atoms with Crippen molar-refractivity contribution < 1.29 is 0 Å². The van der Waals surface area contributed by atoms with Gasteiger partial charge in [-0.2, -0.15) is 0 Å². The monoisotopic (exact) mass is 196 g/mol. The molecule has 2 saturated carbocycles. The molecule has 2 rings (SSSR count). The molecule has 0 saturated heterocycles. The lowest BCUT2D eigenvalue weighted by Crippen LogP contribution is -2.39. The van der Waals surface area contributed by atoms with Crippen molar-refractivity contribution in [2.75, 3.05) is 13.1 Å². The van der Waals surface area contributed by atoms with Crippen molar-refractivity contribution >= 4 is 0 Å². The molecule has 0 aromatic rings. The van der Waals surface area contributed by atoms with Crippen molar-refractivity contribution in [1.29, 1.82) is 0 Å². The standard InChI is InChI=1S/C12H24N2/c1-10(8-14-12-6-7-12)13-9-11-4-2-3-5-11/h10-14H,2-9H2,1H3. The third-order valence-corrected chi connectivity index (χ3v) is 3.52. The molecule has 0 radical (unpaired) electrons. The van der Waals surface area contributed by atoms with Gasteiger partial charge in [0.05, 0.1) is 0 Å². The van der Waals surface area contributed by atoms with E-state index in [1.165, 1.54) is 45.1 Å². The molecule has 82 valence electrons. The van der Waals surface area contributed by atoms with Gasteiger partial charge in [0.2, 0.25) is 0 Å². The van der Waals surface area contributed by atoms with E-state index in [1.54, 1.807) is 0 Å². The van der Waals surface area contributed by atoms with Gasteiger partial charge in [0.1, 0.15) is 0 Å². The van der Waals surface area contributed by atoms with Gasteiger partial charge in [-0.15, -0.1) is 0 Å². The van der Waals surface area contributed by atoms with Crippen LogP contribution in [0.15, 0.2) is 0 Å². The largest absolute Gasteiger partial charge is 0.313 e. The summed E-state index contributed by atoms with van der Waals surface area (Å²) in [6.07, 6.45) is 8.62. The molecule has 0 amide bonds. The highest BCUT2D eigenvalue weighted by atomic mass is 15.0. The molecule has 0 aliphatic heterocycles. The molecule has 0 heterocycles. The average Bonchev–Trinajstić information content (AvgIpc) is 2.87. The Morgan fingerprint density at radius 1 is 1.14 bits per heavy atom. The van der Waals surface area contributed by atoms with E-state index in [0.29, 0.717) is 6.04 Å². The Morgan fingerprint density at radius 3 is 2.50 bits per heavy atom. The number of hydrogen-bond donors (Lipinski definition) is 2. The first kappa shape index (κ1) is 10.4. The van der Waals surface area contributed by atoms with Crippen molar-refractivity contribution in [2.45, 2.75) is 57.5 Å². The van der Waals surface area contributed by atoms with Crippen molar-refractivity contribution in [3.05, 3.63) is 0 Å². The smallest absolute Gasteiger partial charge is 0.0164 e. The molecule has 2 N–H and O–H groups in total. The van der Waals surface area contributed by atoms with Crippen LogP contribution in [0.5, 0.6) is 0 Å². The summed E-state index contributed by atoms with van der Waals surface area (Å²) in [5.74, 6) is 0.971. The first-order valence-corrected chi connectivity index (χ1v) is 6.31. The van der Waals surface area contributed by atoms with Crippen molar-refractivity contribution in [1.82, 2.24) is 10.6 Å². The molecule has 0 aromatic carbocycles.